The Morgan fingerprint density at radius 3 is 2.55 bits per heavy atom. The number of esters is 1. The van der Waals surface area contributed by atoms with Gasteiger partial charge in [-0.1, -0.05) is 43.3 Å². The van der Waals surface area contributed by atoms with Crippen molar-refractivity contribution in [2.45, 2.75) is 26.4 Å². The van der Waals surface area contributed by atoms with Crippen LogP contribution in [0.2, 0.25) is 0 Å². The summed E-state index contributed by atoms with van der Waals surface area (Å²) >= 11 is 0. The molecule has 0 saturated heterocycles. The molecule has 1 aromatic heterocycles. The summed E-state index contributed by atoms with van der Waals surface area (Å²) in [5, 5.41) is 15.0. The first-order chi connectivity index (χ1) is 13.9. The first kappa shape index (κ1) is 20.0. The van der Waals surface area contributed by atoms with Crippen LogP contribution >= 0.6 is 0 Å². The van der Waals surface area contributed by atoms with Crippen LogP contribution in [0, 0.1) is 10.1 Å². The molecule has 0 fully saturated rings. The number of nitrogens with zero attached hydrogens (tertiary/aromatic N) is 3. The number of aromatic nitrogens is 2. The lowest BCUT2D eigenvalue weighted by Crippen LogP contribution is -2.06. The lowest BCUT2D eigenvalue weighted by molar-refractivity contribution is -0.385. The number of nitro groups is 1. The summed E-state index contributed by atoms with van der Waals surface area (Å²) in [7, 11) is 1.31. The Morgan fingerprint density at radius 1 is 1.21 bits per heavy atom. The van der Waals surface area contributed by atoms with E-state index in [-0.39, 0.29) is 29.5 Å². The predicted octanol–water partition coefficient (Wildman–Crippen LogP) is 4.13. The minimum absolute atomic E-state index is 0.0153. The average Bonchev–Trinajstić information content (AvgIpc) is 3.20. The van der Waals surface area contributed by atoms with Crippen LogP contribution in [0.15, 0.2) is 47.0 Å². The number of carbonyl (C=O) groups is 1. The van der Waals surface area contributed by atoms with Crippen LogP contribution in [0.1, 0.15) is 41.6 Å². The topological polar surface area (TPSA) is 118 Å². The molecule has 0 atom stereocenters. The highest BCUT2D eigenvalue weighted by molar-refractivity contribution is 5.90. The molecule has 0 N–H and O–H groups in total. The fourth-order valence-electron chi connectivity index (χ4n) is 2.62. The van der Waals surface area contributed by atoms with Gasteiger partial charge in [0, 0.05) is 11.6 Å². The van der Waals surface area contributed by atoms with Crippen molar-refractivity contribution in [3.8, 4) is 17.1 Å². The molecule has 150 valence electrons. The van der Waals surface area contributed by atoms with Gasteiger partial charge in [-0.15, -0.1) is 0 Å². The molecule has 9 nitrogen and oxygen atoms in total. The highest BCUT2D eigenvalue weighted by Crippen LogP contribution is 2.28. The molecule has 0 bridgehead atoms. The second kappa shape index (κ2) is 8.51. The molecule has 29 heavy (non-hydrogen) atoms. The Bertz CT molecular complexity index is 1030. The van der Waals surface area contributed by atoms with E-state index in [9.17, 15) is 14.9 Å². The minimum atomic E-state index is -0.753. The van der Waals surface area contributed by atoms with Crippen molar-refractivity contribution in [3.05, 3.63) is 69.6 Å². The molecule has 0 aliphatic rings. The molecule has 0 radical (unpaired) electrons. The van der Waals surface area contributed by atoms with E-state index in [1.807, 2.05) is 24.3 Å². The van der Waals surface area contributed by atoms with Crippen molar-refractivity contribution in [2.24, 2.45) is 0 Å². The maximum atomic E-state index is 12.2. The Kier molecular flexibility index (Phi) is 5.87. The average molecular weight is 397 g/mol. The number of carbonyl (C=O) groups excluding carboxylic acids is 1. The van der Waals surface area contributed by atoms with E-state index in [4.69, 9.17) is 14.0 Å². The summed E-state index contributed by atoms with van der Waals surface area (Å²) in [4.78, 5) is 26.8. The van der Waals surface area contributed by atoms with E-state index in [0.717, 1.165) is 11.6 Å². The highest BCUT2D eigenvalue weighted by atomic mass is 16.6. The van der Waals surface area contributed by atoms with Gasteiger partial charge >= 0.3 is 11.7 Å². The maximum absolute atomic E-state index is 12.2. The largest absolute Gasteiger partial charge is 0.490 e. The van der Waals surface area contributed by atoms with Gasteiger partial charge in [0.25, 0.3) is 5.89 Å². The number of ether oxygens (including phenoxy) is 2. The number of methoxy groups -OCH3 is 1. The van der Waals surface area contributed by atoms with Gasteiger partial charge in [0.1, 0.15) is 0 Å². The standard InChI is InChI=1S/C20H19N3O6/c1-12(2)13-4-6-14(7-5-13)19-21-18(29-22-19)11-28-20(24)15-8-9-17(27-3)16(10-15)23(25)26/h4-10,12H,11H2,1-3H3. The van der Waals surface area contributed by atoms with Crippen LogP contribution < -0.4 is 4.74 Å². The lowest BCUT2D eigenvalue weighted by Gasteiger charge is -2.05. The highest BCUT2D eigenvalue weighted by Gasteiger charge is 2.20. The molecular weight excluding hydrogens is 378 g/mol. The Balaban J connectivity index is 1.67. The first-order valence-corrected chi connectivity index (χ1v) is 8.81. The summed E-state index contributed by atoms with van der Waals surface area (Å²) < 4.78 is 15.1. The molecule has 0 aliphatic heterocycles. The smallest absolute Gasteiger partial charge is 0.338 e. The van der Waals surface area contributed by atoms with E-state index in [0.29, 0.717) is 11.7 Å². The molecule has 2 aromatic carbocycles. The van der Waals surface area contributed by atoms with Gasteiger partial charge in [0.2, 0.25) is 5.82 Å². The lowest BCUT2D eigenvalue weighted by atomic mass is 10.0. The number of hydrogen-bond acceptors (Lipinski definition) is 8. The zero-order chi connectivity index (χ0) is 21.0. The summed E-state index contributed by atoms with van der Waals surface area (Å²) in [5.41, 5.74) is 1.66. The van der Waals surface area contributed by atoms with Gasteiger partial charge in [-0.3, -0.25) is 10.1 Å². The van der Waals surface area contributed by atoms with Gasteiger partial charge in [-0.05, 0) is 23.6 Å². The second-order valence-electron chi connectivity index (χ2n) is 6.51. The normalized spacial score (nSPS) is 10.8. The van der Waals surface area contributed by atoms with Gasteiger partial charge in [0.05, 0.1) is 17.6 Å². The van der Waals surface area contributed by atoms with Crippen molar-refractivity contribution in [1.29, 1.82) is 0 Å². The van der Waals surface area contributed by atoms with Crippen molar-refractivity contribution < 1.29 is 23.7 Å². The van der Waals surface area contributed by atoms with Gasteiger partial charge < -0.3 is 14.0 Å². The van der Waals surface area contributed by atoms with Crippen LogP contribution in [0.3, 0.4) is 0 Å². The van der Waals surface area contributed by atoms with E-state index in [1.165, 1.54) is 24.8 Å². The zero-order valence-electron chi connectivity index (χ0n) is 16.1. The van der Waals surface area contributed by atoms with E-state index in [2.05, 4.69) is 24.0 Å². The van der Waals surface area contributed by atoms with E-state index >= 15 is 0 Å². The van der Waals surface area contributed by atoms with Crippen molar-refractivity contribution >= 4 is 11.7 Å². The molecule has 9 heteroatoms. The second-order valence-corrected chi connectivity index (χ2v) is 6.51. The number of rotatable bonds is 7. The molecule has 3 aromatic rings. The molecule has 0 spiro atoms. The molecule has 0 unspecified atom stereocenters. The third kappa shape index (κ3) is 4.57. The molecule has 0 aliphatic carbocycles. The van der Waals surface area contributed by atoms with E-state index in [1.54, 1.807) is 0 Å². The summed E-state index contributed by atoms with van der Waals surface area (Å²) in [6.45, 7) is 3.95. The van der Waals surface area contributed by atoms with Crippen LogP contribution in [0.4, 0.5) is 5.69 Å². The first-order valence-electron chi connectivity index (χ1n) is 8.81. The molecule has 3 rings (SSSR count). The molecule has 0 amide bonds. The van der Waals surface area contributed by atoms with Crippen molar-refractivity contribution in [2.75, 3.05) is 7.11 Å². The number of nitro benzene ring substituents is 1. The fraction of sp³-hybridized carbons (Fsp3) is 0.250. The van der Waals surface area contributed by atoms with Gasteiger partial charge in [-0.25, -0.2) is 4.79 Å². The predicted molar refractivity (Wildman–Crippen MR) is 103 cm³/mol. The third-order valence-corrected chi connectivity index (χ3v) is 4.24. The Labute approximate surface area is 166 Å². The molecule has 1 heterocycles. The van der Waals surface area contributed by atoms with Crippen LogP contribution in [0.25, 0.3) is 11.4 Å². The summed E-state index contributed by atoms with van der Waals surface area (Å²) in [5.74, 6) is 0.210. The molecular formula is C20H19N3O6. The fourth-order valence-corrected chi connectivity index (χ4v) is 2.62. The van der Waals surface area contributed by atoms with Crippen molar-refractivity contribution in [1.82, 2.24) is 10.1 Å². The third-order valence-electron chi connectivity index (χ3n) is 4.24. The van der Waals surface area contributed by atoms with Crippen LogP contribution in [-0.2, 0) is 11.3 Å². The Hall–Kier alpha value is -3.75. The summed E-state index contributed by atoms with van der Waals surface area (Å²) in [6, 6.07) is 11.6. The quantitative estimate of drug-likeness (QED) is 0.332. The number of hydrogen-bond donors (Lipinski definition) is 0. The van der Waals surface area contributed by atoms with Gasteiger partial charge in [0.15, 0.2) is 12.4 Å². The minimum Gasteiger partial charge on any atom is -0.490 e. The van der Waals surface area contributed by atoms with Gasteiger partial charge in [-0.2, -0.15) is 4.98 Å². The molecule has 0 saturated carbocycles. The SMILES string of the molecule is COc1ccc(C(=O)OCc2nc(-c3ccc(C(C)C)cc3)no2)cc1[N+](=O)[O-]. The number of benzene rings is 2. The van der Waals surface area contributed by atoms with Crippen LogP contribution in [-0.4, -0.2) is 28.1 Å². The zero-order valence-corrected chi connectivity index (χ0v) is 16.1. The van der Waals surface area contributed by atoms with Crippen molar-refractivity contribution in [3.63, 3.8) is 0 Å². The Morgan fingerprint density at radius 2 is 1.93 bits per heavy atom. The monoisotopic (exact) mass is 397 g/mol. The summed E-state index contributed by atoms with van der Waals surface area (Å²) in [6.07, 6.45) is 0. The van der Waals surface area contributed by atoms with Crippen LogP contribution in [0.5, 0.6) is 5.75 Å². The van der Waals surface area contributed by atoms with E-state index < -0.39 is 10.9 Å². The maximum Gasteiger partial charge on any atom is 0.338 e.